The number of carbonyl (C=O) groups is 1. The second kappa shape index (κ2) is 9.16. The molecule has 1 atom stereocenters. The number of benzene rings is 1. The highest BCUT2D eigenvalue weighted by molar-refractivity contribution is 6.36. The first-order valence-electron chi connectivity index (χ1n) is 7.31. The SMILES string of the molecule is CCCC[C@H](CC)Cc1c(Cl)ccc(OOC(C)=O)c1Cl. The molecule has 0 unspecified atom stereocenters. The molecule has 5 heteroatoms. The van der Waals surface area contributed by atoms with Crippen molar-refractivity contribution in [1.82, 2.24) is 0 Å². The van der Waals surface area contributed by atoms with E-state index in [0.717, 1.165) is 24.8 Å². The maximum Gasteiger partial charge on any atom is 0.352 e. The van der Waals surface area contributed by atoms with Crippen molar-refractivity contribution >= 4 is 29.2 Å². The van der Waals surface area contributed by atoms with Gasteiger partial charge < -0.3 is 0 Å². The molecule has 0 fully saturated rings. The summed E-state index contributed by atoms with van der Waals surface area (Å²) in [7, 11) is 0. The van der Waals surface area contributed by atoms with Crippen LogP contribution in [0.15, 0.2) is 12.1 Å². The van der Waals surface area contributed by atoms with E-state index in [-0.39, 0.29) is 0 Å². The molecule has 21 heavy (non-hydrogen) atoms. The molecule has 0 saturated heterocycles. The summed E-state index contributed by atoms with van der Waals surface area (Å²) in [6, 6.07) is 3.32. The van der Waals surface area contributed by atoms with Gasteiger partial charge in [-0.2, -0.15) is 0 Å². The summed E-state index contributed by atoms with van der Waals surface area (Å²) in [4.78, 5) is 20.3. The maximum absolute atomic E-state index is 10.8. The summed E-state index contributed by atoms with van der Waals surface area (Å²) in [6.07, 6.45) is 5.38. The van der Waals surface area contributed by atoms with Gasteiger partial charge in [0.25, 0.3) is 0 Å². The van der Waals surface area contributed by atoms with Crippen molar-refractivity contribution in [3.63, 3.8) is 0 Å². The van der Waals surface area contributed by atoms with E-state index in [1.165, 1.54) is 19.8 Å². The largest absolute Gasteiger partial charge is 0.352 e. The van der Waals surface area contributed by atoms with Crippen molar-refractivity contribution < 1.29 is 14.6 Å². The van der Waals surface area contributed by atoms with Crippen LogP contribution in [0.5, 0.6) is 5.75 Å². The highest BCUT2D eigenvalue weighted by Gasteiger charge is 2.17. The summed E-state index contributed by atoms with van der Waals surface area (Å²) >= 11 is 12.6. The number of unbranched alkanes of at least 4 members (excludes halogenated alkanes) is 1. The highest BCUT2D eigenvalue weighted by Crippen LogP contribution is 2.36. The van der Waals surface area contributed by atoms with Gasteiger partial charge in [-0.15, -0.1) is 0 Å². The Hall–Kier alpha value is -0.930. The number of hydrogen-bond acceptors (Lipinski definition) is 3. The van der Waals surface area contributed by atoms with Gasteiger partial charge in [0, 0.05) is 11.9 Å². The number of halogens is 2. The Morgan fingerprint density at radius 2 is 2.00 bits per heavy atom. The van der Waals surface area contributed by atoms with Gasteiger partial charge in [-0.25, -0.2) is 4.79 Å². The van der Waals surface area contributed by atoms with Crippen LogP contribution in [0.1, 0.15) is 52.0 Å². The molecule has 0 spiro atoms. The molecule has 118 valence electrons. The third-order valence-electron chi connectivity index (χ3n) is 3.44. The second-order valence-corrected chi connectivity index (χ2v) is 5.90. The molecule has 0 heterocycles. The van der Waals surface area contributed by atoms with E-state index in [4.69, 9.17) is 28.1 Å². The van der Waals surface area contributed by atoms with Gasteiger partial charge in [0.1, 0.15) is 0 Å². The highest BCUT2D eigenvalue weighted by atomic mass is 35.5. The van der Waals surface area contributed by atoms with E-state index in [0.29, 0.717) is 21.7 Å². The third kappa shape index (κ3) is 5.76. The van der Waals surface area contributed by atoms with E-state index in [2.05, 4.69) is 18.7 Å². The zero-order valence-electron chi connectivity index (χ0n) is 12.7. The lowest BCUT2D eigenvalue weighted by Crippen LogP contribution is -2.07. The number of rotatable bonds is 8. The average molecular weight is 333 g/mol. The molecule has 0 radical (unpaired) electrons. The predicted octanol–water partition coefficient (Wildman–Crippen LogP) is 5.61. The summed E-state index contributed by atoms with van der Waals surface area (Å²) in [5.74, 6) is 0.317. The first kappa shape index (κ1) is 18.1. The van der Waals surface area contributed by atoms with Crippen LogP contribution in [-0.2, 0) is 16.1 Å². The third-order valence-corrected chi connectivity index (χ3v) is 4.20. The predicted molar refractivity (Wildman–Crippen MR) is 85.9 cm³/mol. The van der Waals surface area contributed by atoms with Crippen molar-refractivity contribution in [3.8, 4) is 5.75 Å². The van der Waals surface area contributed by atoms with Crippen LogP contribution in [0.4, 0.5) is 0 Å². The standard InChI is InChI=1S/C16H22Cl2O3/c1-4-6-7-12(5-2)10-13-14(17)8-9-15(16(13)18)21-20-11(3)19/h8-9,12H,4-7,10H2,1-3H3/t12-/m0/s1. The Kier molecular flexibility index (Phi) is 7.91. The molecule has 0 aliphatic carbocycles. The van der Waals surface area contributed by atoms with E-state index < -0.39 is 5.97 Å². The van der Waals surface area contributed by atoms with Crippen LogP contribution in [0.2, 0.25) is 10.0 Å². The fourth-order valence-corrected chi connectivity index (χ4v) is 2.72. The topological polar surface area (TPSA) is 35.5 Å². The minimum atomic E-state index is -0.531. The van der Waals surface area contributed by atoms with Gasteiger partial charge in [-0.05, 0) is 30.0 Å². The number of hydrogen-bond donors (Lipinski definition) is 0. The molecule has 1 aromatic carbocycles. The molecule has 0 aliphatic heterocycles. The van der Waals surface area contributed by atoms with Gasteiger partial charge in [0.15, 0.2) is 5.75 Å². The molecule has 0 aromatic heterocycles. The minimum Gasteiger partial charge on any atom is -0.285 e. The summed E-state index contributed by atoms with van der Waals surface area (Å²) < 4.78 is 0. The molecule has 0 N–H and O–H groups in total. The van der Waals surface area contributed by atoms with Crippen LogP contribution in [-0.4, -0.2) is 5.97 Å². The van der Waals surface area contributed by atoms with Crippen molar-refractivity contribution in [2.24, 2.45) is 5.92 Å². The lowest BCUT2D eigenvalue weighted by molar-refractivity contribution is -0.210. The van der Waals surface area contributed by atoms with Gasteiger partial charge in [0.2, 0.25) is 0 Å². The Morgan fingerprint density at radius 3 is 2.57 bits per heavy atom. The quantitative estimate of drug-likeness (QED) is 0.458. The fraction of sp³-hybridized carbons (Fsp3) is 0.562. The Labute approximate surface area is 136 Å². The Morgan fingerprint density at radius 1 is 1.29 bits per heavy atom. The van der Waals surface area contributed by atoms with E-state index in [1.807, 2.05) is 0 Å². The van der Waals surface area contributed by atoms with Crippen molar-refractivity contribution in [1.29, 1.82) is 0 Å². The summed E-state index contributed by atoms with van der Waals surface area (Å²) in [5, 5.41) is 1.03. The van der Waals surface area contributed by atoms with Crippen molar-refractivity contribution in [2.75, 3.05) is 0 Å². The molecule has 3 nitrogen and oxygen atoms in total. The monoisotopic (exact) mass is 332 g/mol. The van der Waals surface area contributed by atoms with Gasteiger partial charge in [-0.3, -0.25) is 9.78 Å². The molecule has 0 aliphatic rings. The Bertz CT molecular complexity index is 475. The zero-order chi connectivity index (χ0) is 15.8. The second-order valence-electron chi connectivity index (χ2n) is 5.12. The first-order valence-corrected chi connectivity index (χ1v) is 8.07. The molecule has 1 aromatic rings. The Balaban J connectivity index is 2.89. The lowest BCUT2D eigenvalue weighted by Gasteiger charge is -2.17. The van der Waals surface area contributed by atoms with Crippen molar-refractivity contribution in [3.05, 3.63) is 27.7 Å². The van der Waals surface area contributed by atoms with E-state index in [1.54, 1.807) is 12.1 Å². The van der Waals surface area contributed by atoms with Crippen molar-refractivity contribution in [2.45, 2.75) is 52.9 Å². The molecular formula is C16H22Cl2O3. The average Bonchev–Trinajstić information content (AvgIpc) is 2.45. The van der Waals surface area contributed by atoms with Gasteiger partial charge in [-0.1, -0.05) is 62.7 Å². The molecule has 0 saturated carbocycles. The molecule has 0 amide bonds. The van der Waals surface area contributed by atoms with Gasteiger partial charge >= 0.3 is 5.97 Å². The number of carbonyl (C=O) groups excluding carboxylic acids is 1. The zero-order valence-corrected chi connectivity index (χ0v) is 14.3. The van der Waals surface area contributed by atoms with Gasteiger partial charge in [0.05, 0.1) is 5.02 Å². The fourth-order valence-electron chi connectivity index (χ4n) is 2.16. The molecule has 0 bridgehead atoms. The van der Waals surface area contributed by atoms with Crippen LogP contribution >= 0.6 is 23.2 Å². The molecular weight excluding hydrogens is 311 g/mol. The normalized spacial score (nSPS) is 12.0. The van der Waals surface area contributed by atoms with Crippen LogP contribution in [0, 0.1) is 5.92 Å². The van der Waals surface area contributed by atoms with E-state index >= 15 is 0 Å². The van der Waals surface area contributed by atoms with Crippen LogP contribution in [0.3, 0.4) is 0 Å². The first-order chi connectivity index (χ1) is 9.99. The van der Waals surface area contributed by atoms with Crippen LogP contribution < -0.4 is 4.89 Å². The minimum absolute atomic E-state index is 0.316. The molecule has 1 rings (SSSR count). The summed E-state index contributed by atoms with van der Waals surface area (Å²) in [6.45, 7) is 5.62. The summed E-state index contributed by atoms with van der Waals surface area (Å²) in [5.41, 5.74) is 0.853. The smallest absolute Gasteiger partial charge is 0.285 e. The maximum atomic E-state index is 10.8. The van der Waals surface area contributed by atoms with Crippen LogP contribution in [0.25, 0.3) is 0 Å². The van der Waals surface area contributed by atoms with E-state index in [9.17, 15) is 4.79 Å². The lowest BCUT2D eigenvalue weighted by atomic mass is 9.92.